The number of rotatable bonds is 4. The van der Waals surface area contributed by atoms with Crippen molar-refractivity contribution in [1.82, 2.24) is 9.88 Å². The van der Waals surface area contributed by atoms with E-state index in [9.17, 15) is 4.79 Å². The topological polar surface area (TPSA) is 42.4 Å². The van der Waals surface area contributed by atoms with E-state index in [-0.39, 0.29) is 12.5 Å². The summed E-state index contributed by atoms with van der Waals surface area (Å²) < 4.78 is 5.78. The van der Waals surface area contributed by atoms with Crippen LogP contribution >= 0.6 is 11.6 Å². The molecule has 0 spiro atoms. The van der Waals surface area contributed by atoms with E-state index < -0.39 is 0 Å². The molecule has 0 N–H and O–H groups in total. The second-order valence-electron chi connectivity index (χ2n) is 6.40. The number of carbonyl (C=O) groups is 1. The van der Waals surface area contributed by atoms with Crippen LogP contribution in [0.5, 0.6) is 5.75 Å². The molecule has 1 fully saturated rings. The Kier molecular flexibility index (Phi) is 5.92. The highest BCUT2D eigenvalue weighted by atomic mass is 35.5. The van der Waals surface area contributed by atoms with Crippen LogP contribution in [0.15, 0.2) is 36.4 Å². The summed E-state index contributed by atoms with van der Waals surface area (Å²) in [7, 11) is 0. The van der Waals surface area contributed by atoms with Gasteiger partial charge in [0.1, 0.15) is 18.1 Å². The molecule has 1 saturated heterocycles. The minimum atomic E-state index is 0.0114. The molecule has 2 aromatic rings. The maximum Gasteiger partial charge on any atom is 0.272 e. The molecule has 132 valence electrons. The Morgan fingerprint density at radius 3 is 2.60 bits per heavy atom. The number of carbonyl (C=O) groups excluding carboxylic acids is 1. The van der Waals surface area contributed by atoms with Gasteiger partial charge in [0, 0.05) is 13.1 Å². The summed E-state index contributed by atoms with van der Waals surface area (Å²) in [5, 5.41) is 0.610. The lowest BCUT2D eigenvalue weighted by Gasteiger charge is -2.20. The predicted octanol–water partition coefficient (Wildman–Crippen LogP) is 4.64. The minimum absolute atomic E-state index is 0.0114. The van der Waals surface area contributed by atoms with E-state index in [2.05, 4.69) is 4.98 Å². The zero-order chi connectivity index (χ0) is 17.6. The van der Waals surface area contributed by atoms with Crippen LogP contribution in [-0.4, -0.2) is 28.9 Å². The maximum atomic E-state index is 12.7. The molecule has 0 unspecified atom stereocenters. The predicted molar refractivity (Wildman–Crippen MR) is 99.1 cm³/mol. The van der Waals surface area contributed by atoms with Crippen LogP contribution < -0.4 is 4.74 Å². The first-order chi connectivity index (χ1) is 12.1. The van der Waals surface area contributed by atoms with Crippen molar-refractivity contribution in [3.63, 3.8) is 0 Å². The Morgan fingerprint density at radius 1 is 1.12 bits per heavy atom. The first-order valence-corrected chi connectivity index (χ1v) is 9.16. The molecule has 0 aliphatic carbocycles. The fraction of sp³-hybridized carbons (Fsp3) is 0.400. The van der Waals surface area contributed by atoms with Gasteiger partial charge in [0.25, 0.3) is 5.91 Å². The third-order valence-electron chi connectivity index (χ3n) is 4.45. The molecule has 1 aliphatic rings. The smallest absolute Gasteiger partial charge is 0.272 e. The first-order valence-electron chi connectivity index (χ1n) is 8.78. The van der Waals surface area contributed by atoms with Crippen LogP contribution in [0.1, 0.15) is 47.4 Å². The van der Waals surface area contributed by atoms with Crippen molar-refractivity contribution in [1.29, 1.82) is 0 Å². The number of aromatic nitrogens is 1. The van der Waals surface area contributed by atoms with Crippen molar-refractivity contribution in [2.24, 2.45) is 0 Å². The fourth-order valence-electron chi connectivity index (χ4n) is 3.00. The number of likely N-dealkylation sites (tertiary alicyclic amines) is 1. The lowest BCUT2D eigenvalue weighted by atomic mass is 10.2. The van der Waals surface area contributed by atoms with Crippen LogP contribution in [0.25, 0.3) is 0 Å². The molecular weight excluding hydrogens is 336 g/mol. The van der Waals surface area contributed by atoms with Crippen molar-refractivity contribution in [3.8, 4) is 5.75 Å². The van der Waals surface area contributed by atoms with Gasteiger partial charge in [-0.2, -0.15) is 0 Å². The Hall–Kier alpha value is -2.07. The number of hydrogen-bond acceptors (Lipinski definition) is 3. The Morgan fingerprint density at radius 2 is 1.84 bits per heavy atom. The zero-order valence-electron chi connectivity index (χ0n) is 14.5. The SMILES string of the molecule is Cc1cccc(OCc2cccc(C(=O)N3CCCCCC3)n2)c1Cl. The highest BCUT2D eigenvalue weighted by molar-refractivity contribution is 6.32. The van der Waals surface area contributed by atoms with Crippen molar-refractivity contribution >= 4 is 17.5 Å². The molecule has 0 radical (unpaired) electrons. The van der Waals surface area contributed by atoms with Gasteiger partial charge in [-0.3, -0.25) is 4.79 Å². The van der Waals surface area contributed by atoms with Crippen molar-refractivity contribution in [2.45, 2.75) is 39.2 Å². The van der Waals surface area contributed by atoms with Gasteiger partial charge in [-0.25, -0.2) is 4.98 Å². The molecule has 1 aromatic carbocycles. The van der Waals surface area contributed by atoms with Crippen molar-refractivity contribution in [2.75, 3.05) is 13.1 Å². The van der Waals surface area contributed by atoms with E-state index in [0.29, 0.717) is 16.5 Å². The molecule has 5 heteroatoms. The number of hydrogen-bond donors (Lipinski definition) is 0. The summed E-state index contributed by atoms with van der Waals surface area (Å²) >= 11 is 6.25. The Balaban J connectivity index is 1.68. The normalized spacial score (nSPS) is 14.9. The van der Waals surface area contributed by atoms with Crippen molar-refractivity contribution in [3.05, 3.63) is 58.4 Å². The summed E-state index contributed by atoms with van der Waals surface area (Å²) in [6.45, 7) is 3.86. The number of nitrogens with zero attached hydrogens (tertiary/aromatic N) is 2. The third-order valence-corrected chi connectivity index (χ3v) is 4.94. The van der Waals surface area contributed by atoms with Crippen molar-refractivity contribution < 1.29 is 9.53 Å². The number of ether oxygens (including phenoxy) is 1. The van der Waals surface area contributed by atoms with Gasteiger partial charge in [0.15, 0.2) is 0 Å². The number of pyridine rings is 1. The number of benzene rings is 1. The standard InChI is InChI=1S/C20H23ClN2O2/c1-15-8-6-11-18(19(15)21)25-14-16-9-7-10-17(22-16)20(24)23-12-4-2-3-5-13-23/h6-11H,2-5,12-14H2,1H3. The molecule has 4 nitrogen and oxygen atoms in total. The molecule has 3 rings (SSSR count). The summed E-state index contributed by atoms with van der Waals surface area (Å²) in [5.74, 6) is 0.644. The Bertz CT molecular complexity index is 740. The lowest BCUT2D eigenvalue weighted by molar-refractivity contribution is 0.0755. The van der Waals surface area contributed by atoms with Crippen LogP contribution in [0.3, 0.4) is 0 Å². The van der Waals surface area contributed by atoms with E-state index in [1.807, 2.05) is 42.2 Å². The van der Waals surface area contributed by atoms with Gasteiger partial charge in [-0.15, -0.1) is 0 Å². The van der Waals surface area contributed by atoms with E-state index >= 15 is 0 Å². The van der Waals surface area contributed by atoms with Crippen LogP contribution in [0.4, 0.5) is 0 Å². The quantitative estimate of drug-likeness (QED) is 0.799. The second-order valence-corrected chi connectivity index (χ2v) is 6.77. The molecule has 1 aromatic heterocycles. The maximum absolute atomic E-state index is 12.7. The molecule has 1 aliphatic heterocycles. The van der Waals surface area contributed by atoms with E-state index in [4.69, 9.17) is 16.3 Å². The number of amides is 1. The van der Waals surface area contributed by atoms with Gasteiger partial charge in [0.05, 0.1) is 10.7 Å². The number of aryl methyl sites for hydroxylation is 1. The zero-order valence-corrected chi connectivity index (χ0v) is 15.3. The Labute approximate surface area is 153 Å². The summed E-state index contributed by atoms with van der Waals surface area (Å²) in [6.07, 6.45) is 4.53. The van der Waals surface area contributed by atoms with Crippen LogP contribution in [0.2, 0.25) is 5.02 Å². The van der Waals surface area contributed by atoms with E-state index in [0.717, 1.165) is 37.2 Å². The second kappa shape index (κ2) is 8.34. The minimum Gasteiger partial charge on any atom is -0.486 e. The molecule has 25 heavy (non-hydrogen) atoms. The molecular formula is C20H23ClN2O2. The number of halogens is 1. The monoisotopic (exact) mass is 358 g/mol. The average molecular weight is 359 g/mol. The van der Waals surface area contributed by atoms with Gasteiger partial charge in [-0.1, -0.05) is 42.6 Å². The van der Waals surface area contributed by atoms with Gasteiger partial charge < -0.3 is 9.64 Å². The highest BCUT2D eigenvalue weighted by Crippen LogP contribution is 2.28. The average Bonchev–Trinajstić information content (AvgIpc) is 2.92. The summed E-state index contributed by atoms with van der Waals surface area (Å²) in [5.41, 5.74) is 2.17. The molecule has 0 saturated carbocycles. The largest absolute Gasteiger partial charge is 0.486 e. The molecule has 2 heterocycles. The summed E-state index contributed by atoms with van der Waals surface area (Å²) in [4.78, 5) is 19.1. The fourth-order valence-corrected chi connectivity index (χ4v) is 3.18. The summed E-state index contributed by atoms with van der Waals surface area (Å²) in [6, 6.07) is 11.2. The first kappa shape index (κ1) is 17.7. The van der Waals surface area contributed by atoms with Crippen LogP contribution in [0, 0.1) is 6.92 Å². The molecule has 0 atom stereocenters. The lowest BCUT2D eigenvalue weighted by Crippen LogP contribution is -2.32. The highest BCUT2D eigenvalue weighted by Gasteiger charge is 2.18. The third kappa shape index (κ3) is 4.51. The van der Waals surface area contributed by atoms with E-state index in [1.54, 1.807) is 6.07 Å². The van der Waals surface area contributed by atoms with E-state index in [1.165, 1.54) is 12.8 Å². The van der Waals surface area contributed by atoms with Gasteiger partial charge >= 0.3 is 0 Å². The van der Waals surface area contributed by atoms with Gasteiger partial charge in [0.2, 0.25) is 0 Å². The van der Waals surface area contributed by atoms with Crippen LogP contribution in [-0.2, 0) is 6.61 Å². The molecule has 1 amide bonds. The molecule has 0 bridgehead atoms. The van der Waals surface area contributed by atoms with Gasteiger partial charge in [-0.05, 0) is 43.5 Å².